The molecule has 0 heterocycles. The van der Waals surface area contributed by atoms with Crippen LogP contribution in [0, 0.1) is 35.3 Å². The molecule has 20 heavy (non-hydrogen) atoms. The first-order chi connectivity index (χ1) is 9.51. The van der Waals surface area contributed by atoms with Crippen molar-refractivity contribution in [2.45, 2.75) is 39.5 Å². The summed E-state index contributed by atoms with van der Waals surface area (Å²) >= 11 is 0. The zero-order valence-electron chi connectivity index (χ0n) is 12.4. The van der Waals surface area contributed by atoms with Gasteiger partial charge in [0.2, 0.25) is 0 Å². The summed E-state index contributed by atoms with van der Waals surface area (Å²) in [5.41, 5.74) is 6.77. The summed E-state index contributed by atoms with van der Waals surface area (Å²) in [6.07, 6.45) is 4.36. The number of rotatable bonds is 4. The lowest BCUT2D eigenvalue weighted by molar-refractivity contribution is 0.151. The van der Waals surface area contributed by atoms with E-state index >= 15 is 0 Å². The largest absolute Gasteiger partial charge is 0.330 e. The van der Waals surface area contributed by atoms with Crippen LogP contribution in [-0.2, 0) is 6.42 Å². The van der Waals surface area contributed by atoms with Gasteiger partial charge in [-0.05, 0) is 73.6 Å². The molecule has 3 atom stereocenters. The van der Waals surface area contributed by atoms with Crippen LogP contribution in [0.15, 0.2) is 18.2 Å². The van der Waals surface area contributed by atoms with Crippen molar-refractivity contribution in [1.82, 2.24) is 0 Å². The van der Waals surface area contributed by atoms with Gasteiger partial charge in [0, 0.05) is 0 Å². The minimum Gasteiger partial charge on any atom is -0.330 e. The molecule has 0 aromatic heterocycles. The summed E-state index contributed by atoms with van der Waals surface area (Å²) in [6, 6.07) is 4.26. The lowest BCUT2D eigenvalue weighted by Gasteiger charge is -2.37. The highest BCUT2D eigenvalue weighted by Gasteiger charge is 2.31. The van der Waals surface area contributed by atoms with Crippen molar-refractivity contribution < 1.29 is 8.78 Å². The molecule has 112 valence electrons. The first kappa shape index (κ1) is 15.4. The summed E-state index contributed by atoms with van der Waals surface area (Å²) in [7, 11) is 0. The van der Waals surface area contributed by atoms with Crippen LogP contribution in [0.5, 0.6) is 0 Å². The molecule has 1 saturated carbocycles. The quantitative estimate of drug-likeness (QED) is 0.881. The highest BCUT2D eigenvalue weighted by Crippen LogP contribution is 2.38. The summed E-state index contributed by atoms with van der Waals surface area (Å²) in [6.45, 7) is 5.23. The SMILES string of the molecule is CC(C)C1CCC(CN)C(Cc2ccc(F)c(F)c2)C1. The standard InChI is InChI=1S/C17H25F2N/c1-11(2)13-4-5-14(10-20)15(9-13)7-12-3-6-16(18)17(19)8-12/h3,6,8,11,13-15H,4-5,7,9-10,20H2,1-2H3. The highest BCUT2D eigenvalue weighted by atomic mass is 19.2. The molecule has 0 spiro atoms. The predicted octanol–water partition coefficient (Wildman–Crippen LogP) is 4.15. The van der Waals surface area contributed by atoms with Gasteiger partial charge in [0.1, 0.15) is 0 Å². The minimum absolute atomic E-state index is 0.492. The van der Waals surface area contributed by atoms with Gasteiger partial charge in [0.05, 0.1) is 0 Å². The third-order valence-corrected chi connectivity index (χ3v) is 4.91. The average molecular weight is 281 g/mol. The average Bonchev–Trinajstić information content (AvgIpc) is 2.42. The highest BCUT2D eigenvalue weighted by molar-refractivity contribution is 5.18. The molecule has 2 rings (SSSR count). The topological polar surface area (TPSA) is 26.0 Å². The maximum atomic E-state index is 13.3. The second-order valence-corrected chi connectivity index (χ2v) is 6.53. The second kappa shape index (κ2) is 6.66. The lowest BCUT2D eigenvalue weighted by Crippen LogP contribution is -2.33. The molecule has 1 fully saturated rings. The molecule has 0 saturated heterocycles. The Labute approximate surface area is 120 Å². The molecule has 0 amide bonds. The van der Waals surface area contributed by atoms with Crippen LogP contribution in [0.3, 0.4) is 0 Å². The Hall–Kier alpha value is -0.960. The predicted molar refractivity (Wildman–Crippen MR) is 78.3 cm³/mol. The first-order valence-electron chi connectivity index (χ1n) is 7.65. The molecule has 0 bridgehead atoms. The van der Waals surface area contributed by atoms with Gasteiger partial charge in [0.15, 0.2) is 11.6 Å². The van der Waals surface area contributed by atoms with Crippen LogP contribution >= 0.6 is 0 Å². The van der Waals surface area contributed by atoms with Crippen LogP contribution in [0.25, 0.3) is 0 Å². The van der Waals surface area contributed by atoms with Gasteiger partial charge in [-0.15, -0.1) is 0 Å². The van der Waals surface area contributed by atoms with Gasteiger partial charge in [0.25, 0.3) is 0 Å². The summed E-state index contributed by atoms with van der Waals surface area (Å²) in [4.78, 5) is 0. The van der Waals surface area contributed by atoms with E-state index in [1.165, 1.54) is 18.6 Å². The van der Waals surface area contributed by atoms with Crippen molar-refractivity contribution >= 4 is 0 Å². The van der Waals surface area contributed by atoms with Crippen molar-refractivity contribution in [2.24, 2.45) is 29.4 Å². The smallest absolute Gasteiger partial charge is 0.159 e. The Kier molecular flexibility index (Phi) is 5.14. The molecule has 1 aromatic carbocycles. The van der Waals surface area contributed by atoms with Crippen molar-refractivity contribution in [2.75, 3.05) is 6.54 Å². The van der Waals surface area contributed by atoms with Crippen molar-refractivity contribution in [3.05, 3.63) is 35.4 Å². The molecule has 1 aromatic rings. The molecule has 0 aliphatic heterocycles. The Morgan fingerprint density at radius 1 is 1.15 bits per heavy atom. The second-order valence-electron chi connectivity index (χ2n) is 6.53. The number of nitrogens with two attached hydrogens (primary N) is 1. The first-order valence-corrected chi connectivity index (χ1v) is 7.65. The van der Waals surface area contributed by atoms with Crippen molar-refractivity contribution in [3.8, 4) is 0 Å². The summed E-state index contributed by atoms with van der Waals surface area (Å²) in [5, 5.41) is 0. The van der Waals surface area contributed by atoms with Crippen molar-refractivity contribution in [3.63, 3.8) is 0 Å². The Balaban J connectivity index is 2.09. The fourth-order valence-electron chi connectivity index (χ4n) is 3.50. The van der Waals surface area contributed by atoms with Gasteiger partial charge in [-0.3, -0.25) is 0 Å². The number of benzene rings is 1. The summed E-state index contributed by atoms with van der Waals surface area (Å²) in [5.74, 6) is 0.897. The zero-order valence-corrected chi connectivity index (χ0v) is 12.4. The van der Waals surface area contributed by atoms with Crippen LogP contribution < -0.4 is 5.73 Å². The van der Waals surface area contributed by atoms with Gasteiger partial charge in [-0.25, -0.2) is 8.78 Å². The van der Waals surface area contributed by atoms with E-state index in [0.717, 1.165) is 30.7 Å². The van der Waals surface area contributed by atoms with Crippen molar-refractivity contribution in [1.29, 1.82) is 0 Å². The number of hydrogen-bond donors (Lipinski definition) is 1. The monoisotopic (exact) mass is 281 g/mol. The molecular formula is C17H25F2N. The van der Waals surface area contributed by atoms with E-state index in [2.05, 4.69) is 13.8 Å². The lowest BCUT2D eigenvalue weighted by atomic mass is 9.69. The van der Waals surface area contributed by atoms with E-state index in [-0.39, 0.29) is 0 Å². The van der Waals surface area contributed by atoms with Crippen LogP contribution in [0.2, 0.25) is 0 Å². The van der Waals surface area contributed by atoms with Crippen LogP contribution in [0.4, 0.5) is 8.78 Å². The fraction of sp³-hybridized carbons (Fsp3) is 0.647. The van der Waals surface area contributed by atoms with Gasteiger partial charge < -0.3 is 5.73 Å². The Bertz CT molecular complexity index is 445. The van der Waals surface area contributed by atoms with E-state index in [0.29, 0.717) is 24.3 Å². The molecule has 1 aliphatic rings. The zero-order chi connectivity index (χ0) is 14.7. The molecule has 3 unspecified atom stereocenters. The molecule has 3 heteroatoms. The minimum atomic E-state index is -0.771. The molecule has 0 radical (unpaired) electrons. The molecule has 1 aliphatic carbocycles. The fourth-order valence-corrected chi connectivity index (χ4v) is 3.50. The van der Waals surface area contributed by atoms with Crippen LogP contribution in [0.1, 0.15) is 38.7 Å². The van der Waals surface area contributed by atoms with Gasteiger partial charge in [-0.1, -0.05) is 19.9 Å². The van der Waals surface area contributed by atoms with E-state index in [9.17, 15) is 8.78 Å². The van der Waals surface area contributed by atoms with Gasteiger partial charge >= 0.3 is 0 Å². The van der Waals surface area contributed by atoms with E-state index in [4.69, 9.17) is 5.73 Å². The van der Waals surface area contributed by atoms with E-state index in [1.807, 2.05) is 0 Å². The van der Waals surface area contributed by atoms with Crippen LogP contribution in [-0.4, -0.2) is 6.54 Å². The number of hydrogen-bond acceptors (Lipinski definition) is 1. The molecular weight excluding hydrogens is 256 g/mol. The Morgan fingerprint density at radius 3 is 2.50 bits per heavy atom. The Morgan fingerprint density at radius 2 is 1.90 bits per heavy atom. The van der Waals surface area contributed by atoms with E-state index < -0.39 is 11.6 Å². The normalized spacial score (nSPS) is 27.0. The van der Waals surface area contributed by atoms with E-state index in [1.54, 1.807) is 6.07 Å². The number of halogens is 2. The maximum absolute atomic E-state index is 13.3. The van der Waals surface area contributed by atoms with Gasteiger partial charge in [-0.2, -0.15) is 0 Å². The molecule has 1 nitrogen and oxygen atoms in total. The summed E-state index contributed by atoms with van der Waals surface area (Å²) < 4.78 is 26.3. The third kappa shape index (κ3) is 3.57. The third-order valence-electron chi connectivity index (χ3n) is 4.91. The molecule has 2 N–H and O–H groups in total. The maximum Gasteiger partial charge on any atom is 0.159 e.